The van der Waals surface area contributed by atoms with E-state index in [0.29, 0.717) is 17.5 Å². The van der Waals surface area contributed by atoms with Gasteiger partial charge in [-0.2, -0.15) is 5.26 Å². The van der Waals surface area contributed by atoms with Gasteiger partial charge in [0.25, 0.3) is 0 Å². The highest BCUT2D eigenvalue weighted by Gasteiger charge is 2.18. The minimum absolute atomic E-state index is 0.363. The standard InChI is InChI=1S/C13H19N3O/c1-9-10(2)16(13(15)12(9)8-14)6-5-11-4-3-7-17-11/h11H,3-7,15H2,1-2H3. The summed E-state index contributed by atoms with van der Waals surface area (Å²) in [4.78, 5) is 0. The first-order valence-electron chi connectivity index (χ1n) is 6.12. The van der Waals surface area contributed by atoms with Crippen LogP contribution in [-0.4, -0.2) is 17.3 Å². The second-order valence-electron chi connectivity index (χ2n) is 4.66. The van der Waals surface area contributed by atoms with E-state index >= 15 is 0 Å². The van der Waals surface area contributed by atoms with Crippen LogP contribution in [0.4, 0.5) is 5.82 Å². The van der Waals surface area contributed by atoms with Crippen LogP contribution in [0.15, 0.2) is 0 Å². The molecule has 1 aliphatic heterocycles. The summed E-state index contributed by atoms with van der Waals surface area (Å²) in [7, 11) is 0. The number of nitrogens with zero attached hydrogens (tertiary/aromatic N) is 2. The quantitative estimate of drug-likeness (QED) is 0.869. The zero-order valence-corrected chi connectivity index (χ0v) is 10.5. The maximum absolute atomic E-state index is 9.05. The first-order valence-corrected chi connectivity index (χ1v) is 6.12. The average molecular weight is 233 g/mol. The zero-order chi connectivity index (χ0) is 12.4. The number of ether oxygens (including phenoxy) is 1. The number of hydrogen-bond acceptors (Lipinski definition) is 3. The van der Waals surface area contributed by atoms with Gasteiger partial charge in [-0.1, -0.05) is 0 Å². The molecule has 0 aromatic carbocycles. The third kappa shape index (κ3) is 2.16. The molecule has 1 fully saturated rings. The largest absolute Gasteiger partial charge is 0.384 e. The van der Waals surface area contributed by atoms with Crippen molar-refractivity contribution in [3.05, 3.63) is 16.8 Å². The van der Waals surface area contributed by atoms with Gasteiger partial charge < -0.3 is 15.0 Å². The van der Waals surface area contributed by atoms with Crippen LogP contribution in [0.2, 0.25) is 0 Å². The molecule has 0 bridgehead atoms. The van der Waals surface area contributed by atoms with Gasteiger partial charge in [-0.15, -0.1) is 0 Å². The van der Waals surface area contributed by atoms with Crippen molar-refractivity contribution in [3.63, 3.8) is 0 Å². The normalized spacial score (nSPS) is 19.5. The van der Waals surface area contributed by atoms with Crippen molar-refractivity contribution in [2.24, 2.45) is 0 Å². The van der Waals surface area contributed by atoms with Gasteiger partial charge in [0.1, 0.15) is 11.9 Å². The van der Waals surface area contributed by atoms with Gasteiger partial charge in [0, 0.05) is 18.8 Å². The van der Waals surface area contributed by atoms with Gasteiger partial charge in [0.05, 0.1) is 11.7 Å². The molecule has 2 N–H and O–H groups in total. The summed E-state index contributed by atoms with van der Waals surface area (Å²) in [6, 6.07) is 2.18. The van der Waals surface area contributed by atoms with Gasteiger partial charge >= 0.3 is 0 Å². The maximum atomic E-state index is 9.05. The second kappa shape index (κ2) is 4.80. The van der Waals surface area contributed by atoms with E-state index in [-0.39, 0.29) is 0 Å². The fraction of sp³-hybridized carbons (Fsp3) is 0.615. The van der Waals surface area contributed by atoms with E-state index in [9.17, 15) is 0 Å². The molecule has 0 saturated carbocycles. The van der Waals surface area contributed by atoms with Gasteiger partial charge in [0.15, 0.2) is 0 Å². The molecular weight excluding hydrogens is 214 g/mol. The van der Waals surface area contributed by atoms with Gasteiger partial charge in [0.2, 0.25) is 0 Å². The monoisotopic (exact) mass is 233 g/mol. The molecule has 1 saturated heterocycles. The third-order valence-corrected chi connectivity index (χ3v) is 3.68. The average Bonchev–Trinajstić information content (AvgIpc) is 2.88. The Hall–Kier alpha value is -1.47. The van der Waals surface area contributed by atoms with Crippen molar-refractivity contribution < 1.29 is 4.74 Å². The Morgan fingerprint density at radius 2 is 2.29 bits per heavy atom. The molecular formula is C13H19N3O. The van der Waals surface area contributed by atoms with Crippen LogP contribution in [0.25, 0.3) is 0 Å². The van der Waals surface area contributed by atoms with E-state index < -0.39 is 0 Å². The predicted molar refractivity (Wildman–Crippen MR) is 66.6 cm³/mol. The van der Waals surface area contributed by atoms with Crippen LogP contribution in [0.5, 0.6) is 0 Å². The minimum Gasteiger partial charge on any atom is -0.384 e. The lowest BCUT2D eigenvalue weighted by Crippen LogP contribution is -2.12. The molecule has 0 radical (unpaired) electrons. The number of nitrogens with two attached hydrogens (primary N) is 1. The molecule has 4 heteroatoms. The lowest BCUT2D eigenvalue weighted by molar-refractivity contribution is 0.100. The van der Waals surface area contributed by atoms with Gasteiger partial charge in [-0.05, 0) is 38.7 Å². The molecule has 4 nitrogen and oxygen atoms in total. The molecule has 92 valence electrons. The number of rotatable bonds is 3. The Balaban J connectivity index is 2.13. The second-order valence-corrected chi connectivity index (χ2v) is 4.66. The minimum atomic E-state index is 0.363. The van der Waals surface area contributed by atoms with Crippen molar-refractivity contribution in [1.29, 1.82) is 5.26 Å². The number of anilines is 1. The molecule has 1 unspecified atom stereocenters. The summed E-state index contributed by atoms with van der Waals surface area (Å²) >= 11 is 0. The van der Waals surface area contributed by atoms with E-state index in [0.717, 1.165) is 43.7 Å². The molecule has 1 atom stereocenters. The Morgan fingerprint density at radius 1 is 1.53 bits per heavy atom. The van der Waals surface area contributed by atoms with Crippen LogP contribution in [-0.2, 0) is 11.3 Å². The van der Waals surface area contributed by atoms with Gasteiger partial charge in [-0.25, -0.2) is 0 Å². The summed E-state index contributed by atoms with van der Waals surface area (Å²) in [5.41, 5.74) is 8.71. The number of hydrogen-bond donors (Lipinski definition) is 1. The molecule has 2 rings (SSSR count). The van der Waals surface area contributed by atoms with E-state index in [2.05, 4.69) is 6.07 Å². The first kappa shape index (κ1) is 12.0. The van der Waals surface area contributed by atoms with Crippen molar-refractivity contribution in [3.8, 4) is 6.07 Å². The topological polar surface area (TPSA) is 64.0 Å². The zero-order valence-electron chi connectivity index (χ0n) is 10.5. The van der Waals surface area contributed by atoms with Crippen molar-refractivity contribution >= 4 is 5.82 Å². The van der Waals surface area contributed by atoms with E-state index in [1.54, 1.807) is 0 Å². The molecule has 1 aromatic rings. The summed E-state index contributed by atoms with van der Waals surface area (Å²) < 4.78 is 7.64. The van der Waals surface area contributed by atoms with Gasteiger partial charge in [-0.3, -0.25) is 0 Å². The van der Waals surface area contributed by atoms with E-state index in [1.165, 1.54) is 0 Å². The van der Waals surface area contributed by atoms with Crippen LogP contribution < -0.4 is 5.73 Å². The van der Waals surface area contributed by atoms with Crippen LogP contribution in [0.3, 0.4) is 0 Å². The highest BCUT2D eigenvalue weighted by atomic mass is 16.5. The summed E-state index contributed by atoms with van der Waals surface area (Å²) in [5.74, 6) is 0.598. The smallest absolute Gasteiger partial charge is 0.122 e. The molecule has 0 amide bonds. The Morgan fingerprint density at radius 3 is 2.82 bits per heavy atom. The summed E-state index contributed by atoms with van der Waals surface area (Å²) in [5, 5.41) is 9.05. The lowest BCUT2D eigenvalue weighted by Gasteiger charge is -2.12. The summed E-state index contributed by atoms with van der Waals surface area (Å²) in [6.45, 7) is 5.69. The molecule has 1 aromatic heterocycles. The van der Waals surface area contributed by atoms with Crippen LogP contribution in [0.1, 0.15) is 36.1 Å². The highest BCUT2D eigenvalue weighted by Crippen LogP contribution is 2.25. The number of nitrogen functional groups attached to an aromatic ring is 1. The molecule has 0 spiro atoms. The van der Waals surface area contributed by atoms with Crippen molar-refractivity contribution in [1.82, 2.24) is 4.57 Å². The fourth-order valence-corrected chi connectivity index (χ4v) is 2.47. The van der Waals surface area contributed by atoms with E-state index in [4.69, 9.17) is 15.7 Å². The Labute approximate surface area is 102 Å². The fourth-order valence-electron chi connectivity index (χ4n) is 2.47. The maximum Gasteiger partial charge on any atom is 0.122 e. The number of nitriles is 1. The van der Waals surface area contributed by atoms with Crippen molar-refractivity contribution in [2.75, 3.05) is 12.3 Å². The highest BCUT2D eigenvalue weighted by molar-refractivity contribution is 5.57. The van der Waals surface area contributed by atoms with Crippen molar-refractivity contribution in [2.45, 2.75) is 45.8 Å². The Bertz CT molecular complexity index is 450. The Kier molecular flexibility index (Phi) is 3.39. The molecule has 17 heavy (non-hydrogen) atoms. The van der Waals surface area contributed by atoms with Crippen LogP contribution >= 0.6 is 0 Å². The molecule has 2 heterocycles. The summed E-state index contributed by atoms with van der Waals surface area (Å²) in [6.07, 6.45) is 3.64. The lowest BCUT2D eigenvalue weighted by atomic mass is 10.2. The SMILES string of the molecule is Cc1c(C#N)c(N)n(CCC2CCCO2)c1C. The van der Waals surface area contributed by atoms with E-state index in [1.807, 2.05) is 18.4 Å². The van der Waals surface area contributed by atoms with Crippen LogP contribution in [0, 0.1) is 25.2 Å². The molecule has 1 aliphatic rings. The number of aromatic nitrogens is 1. The molecule has 0 aliphatic carbocycles. The predicted octanol–water partition coefficient (Wildman–Crippen LogP) is 2.13. The first-order chi connectivity index (χ1) is 8.15. The third-order valence-electron chi connectivity index (χ3n) is 3.68.